The van der Waals surface area contributed by atoms with E-state index in [0.29, 0.717) is 16.6 Å². The first-order valence-corrected chi connectivity index (χ1v) is 12.8. The number of nitrogens with one attached hydrogen (secondary N) is 1. The predicted octanol–water partition coefficient (Wildman–Crippen LogP) is 5.29. The van der Waals surface area contributed by atoms with E-state index in [0.717, 1.165) is 37.6 Å². The fraction of sp³-hybridized carbons (Fsp3) is 0.536. The van der Waals surface area contributed by atoms with Crippen molar-refractivity contribution in [3.8, 4) is 5.75 Å². The molecule has 186 valence electrons. The third-order valence-corrected chi connectivity index (χ3v) is 7.37. The molecule has 2 fully saturated rings. The molecule has 2 unspecified atom stereocenters. The highest BCUT2D eigenvalue weighted by atomic mass is 35.5. The summed E-state index contributed by atoms with van der Waals surface area (Å²) in [6, 6.07) is 12.6. The van der Waals surface area contributed by atoms with Crippen LogP contribution in [0.1, 0.15) is 58.8 Å². The Hall–Kier alpha value is -1.92. The van der Waals surface area contributed by atoms with Crippen LogP contribution < -0.4 is 10.1 Å². The summed E-state index contributed by atoms with van der Waals surface area (Å²) in [5.41, 5.74) is 4.92. The number of carbonyl (C=O) groups excluding carboxylic acids is 1. The number of benzene rings is 2. The van der Waals surface area contributed by atoms with Crippen molar-refractivity contribution >= 4 is 17.9 Å². The summed E-state index contributed by atoms with van der Waals surface area (Å²) >= 11 is 5.55. The Bertz CT molecular complexity index is 919. The van der Waals surface area contributed by atoms with E-state index in [4.69, 9.17) is 16.3 Å². The van der Waals surface area contributed by atoms with Crippen LogP contribution in [0.25, 0.3) is 0 Å². The predicted molar refractivity (Wildman–Crippen MR) is 141 cm³/mol. The molecule has 2 heterocycles. The van der Waals surface area contributed by atoms with Gasteiger partial charge in [0.1, 0.15) is 12.0 Å². The van der Waals surface area contributed by atoms with Gasteiger partial charge >= 0.3 is 0 Å². The molecule has 6 heteroatoms. The molecule has 2 aromatic rings. The minimum absolute atomic E-state index is 0.587. The van der Waals surface area contributed by atoms with Crippen LogP contribution in [0.15, 0.2) is 36.4 Å². The van der Waals surface area contributed by atoms with E-state index < -0.39 is 0 Å². The Labute approximate surface area is 210 Å². The molecule has 0 aromatic heterocycles. The lowest BCUT2D eigenvalue weighted by atomic mass is 9.86. The number of halogens is 1. The molecule has 2 aliphatic heterocycles. The maximum absolute atomic E-state index is 10.1. The highest BCUT2D eigenvalue weighted by Gasteiger charge is 2.35. The number of nitrogens with zero attached hydrogens (tertiary/aromatic N) is 2. The second-order valence-electron chi connectivity index (χ2n) is 9.48. The fourth-order valence-corrected chi connectivity index (χ4v) is 5.17. The molecular formula is C28H40ClN3O2. The zero-order valence-corrected chi connectivity index (χ0v) is 21.9. The Kier molecular flexibility index (Phi) is 10.4. The number of rotatable bonds is 7. The monoisotopic (exact) mass is 485 g/mol. The van der Waals surface area contributed by atoms with E-state index >= 15 is 0 Å². The maximum Gasteiger partial charge on any atom is 0.150 e. The molecule has 4 rings (SSSR count). The van der Waals surface area contributed by atoms with Gasteiger partial charge in [0.25, 0.3) is 0 Å². The SMILES string of the molecule is CNCCCOc1ccc(C2CCCC3CN(C)CCN32)c(C)c1C.O=Cc1ccc(Cl)cc1. The van der Waals surface area contributed by atoms with Crippen LogP contribution in [-0.4, -0.2) is 69.0 Å². The third-order valence-electron chi connectivity index (χ3n) is 7.12. The number of fused-ring (bicyclic) bond motifs is 1. The van der Waals surface area contributed by atoms with Crippen molar-refractivity contribution in [2.24, 2.45) is 0 Å². The van der Waals surface area contributed by atoms with Crippen molar-refractivity contribution in [1.29, 1.82) is 0 Å². The number of ether oxygens (including phenoxy) is 1. The Morgan fingerprint density at radius 1 is 1.09 bits per heavy atom. The van der Waals surface area contributed by atoms with Crippen LogP contribution in [0.3, 0.4) is 0 Å². The van der Waals surface area contributed by atoms with Crippen molar-refractivity contribution < 1.29 is 9.53 Å². The second-order valence-corrected chi connectivity index (χ2v) is 9.91. The summed E-state index contributed by atoms with van der Waals surface area (Å²) in [5, 5.41) is 3.83. The van der Waals surface area contributed by atoms with Gasteiger partial charge in [0.2, 0.25) is 0 Å². The average Bonchev–Trinajstić information content (AvgIpc) is 2.85. The first-order chi connectivity index (χ1) is 16.4. The van der Waals surface area contributed by atoms with E-state index in [-0.39, 0.29) is 0 Å². The van der Waals surface area contributed by atoms with Crippen LogP contribution in [0.5, 0.6) is 5.75 Å². The zero-order chi connectivity index (χ0) is 24.5. The van der Waals surface area contributed by atoms with Crippen LogP contribution in [0.2, 0.25) is 5.02 Å². The topological polar surface area (TPSA) is 44.8 Å². The number of hydrogen-bond donors (Lipinski definition) is 1. The van der Waals surface area contributed by atoms with Gasteiger partial charge in [-0.25, -0.2) is 0 Å². The molecule has 0 amide bonds. The van der Waals surface area contributed by atoms with Crippen LogP contribution in [0.4, 0.5) is 0 Å². The van der Waals surface area contributed by atoms with Crippen LogP contribution in [0, 0.1) is 13.8 Å². The smallest absolute Gasteiger partial charge is 0.150 e. The summed E-state index contributed by atoms with van der Waals surface area (Å²) in [4.78, 5) is 15.3. The molecule has 2 aromatic carbocycles. The Balaban J connectivity index is 0.000000302. The average molecular weight is 486 g/mol. The third kappa shape index (κ3) is 7.05. The molecule has 2 atom stereocenters. The molecule has 2 saturated heterocycles. The second kappa shape index (κ2) is 13.2. The number of carbonyl (C=O) groups is 1. The maximum atomic E-state index is 10.1. The van der Waals surface area contributed by atoms with Gasteiger partial charge in [-0.1, -0.05) is 29.8 Å². The minimum atomic E-state index is 0.587. The number of aldehydes is 1. The summed E-state index contributed by atoms with van der Waals surface area (Å²) in [6.45, 7) is 9.90. The molecular weight excluding hydrogens is 446 g/mol. The van der Waals surface area contributed by atoms with Crippen molar-refractivity contribution in [1.82, 2.24) is 15.1 Å². The number of piperazine rings is 1. The lowest BCUT2D eigenvalue weighted by molar-refractivity contribution is 0.0183. The highest BCUT2D eigenvalue weighted by Crippen LogP contribution is 2.39. The van der Waals surface area contributed by atoms with E-state index in [1.807, 2.05) is 7.05 Å². The van der Waals surface area contributed by atoms with Gasteiger partial charge in [0.05, 0.1) is 6.61 Å². The van der Waals surface area contributed by atoms with Crippen molar-refractivity contribution in [2.75, 3.05) is 46.9 Å². The highest BCUT2D eigenvalue weighted by molar-refractivity contribution is 6.30. The number of likely N-dealkylation sites (N-methyl/N-ethyl adjacent to an activating group) is 1. The number of piperidine rings is 1. The molecule has 0 radical (unpaired) electrons. The molecule has 0 bridgehead atoms. The summed E-state index contributed by atoms with van der Waals surface area (Å²) in [5.74, 6) is 1.06. The lowest BCUT2D eigenvalue weighted by Gasteiger charge is -2.48. The number of hydrogen-bond acceptors (Lipinski definition) is 5. The van der Waals surface area contributed by atoms with Crippen molar-refractivity contribution in [3.05, 3.63) is 63.7 Å². The molecule has 0 spiro atoms. The fourth-order valence-electron chi connectivity index (χ4n) is 5.05. The van der Waals surface area contributed by atoms with E-state index in [1.54, 1.807) is 24.3 Å². The molecule has 0 saturated carbocycles. The molecule has 34 heavy (non-hydrogen) atoms. The minimum Gasteiger partial charge on any atom is -0.493 e. The molecule has 0 aliphatic carbocycles. The largest absolute Gasteiger partial charge is 0.493 e. The van der Waals surface area contributed by atoms with Gasteiger partial charge < -0.3 is 15.0 Å². The van der Waals surface area contributed by atoms with Gasteiger partial charge in [0, 0.05) is 42.3 Å². The van der Waals surface area contributed by atoms with Crippen LogP contribution in [-0.2, 0) is 0 Å². The molecule has 2 aliphatic rings. The van der Waals surface area contributed by atoms with E-state index in [9.17, 15) is 4.79 Å². The lowest BCUT2D eigenvalue weighted by Crippen LogP contribution is -2.54. The standard InChI is InChI=1S/C21H35N3O.C7H5ClO/c1-16-17(2)21(25-14-6-11-22-3)10-9-19(16)20-8-5-7-18-15-23(4)12-13-24(18)20;8-7-3-1-6(5-9)2-4-7/h9-10,18,20,22H,5-8,11-15H2,1-4H3;1-5H. The summed E-state index contributed by atoms with van der Waals surface area (Å²) in [6.07, 6.45) is 5.83. The Morgan fingerprint density at radius 2 is 1.85 bits per heavy atom. The first-order valence-electron chi connectivity index (χ1n) is 12.5. The van der Waals surface area contributed by atoms with Gasteiger partial charge in [-0.15, -0.1) is 0 Å². The normalized spacial score (nSPS) is 20.7. The van der Waals surface area contributed by atoms with E-state index in [1.165, 1.54) is 55.6 Å². The van der Waals surface area contributed by atoms with Crippen molar-refractivity contribution in [2.45, 2.75) is 51.6 Å². The summed E-state index contributed by atoms with van der Waals surface area (Å²) in [7, 11) is 4.25. The quantitative estimate of drug-likeness (QED) is 0.426. The molecule has 5 nitrogen and oxygen atoms in total. The molecule has 1 N–H and O–H groups in total. The zero-order valence-electron chi connectivity index (χ0n) is 21.1. The Morgan fingerprint density at radius 3 is 2.56 bits per heavy atom. The van der Waals surface area contributed by atoms with Crippen LogP contribution >= 0.6 is 11.6 Å². The van der Waals surface area contributed by atoms with E-state index in [2.05, 4.69) is 48.1 Å². The van der Waals surface area contributed by atoms with Gasteiger partial charge in [-0.05, 0) is 95.1 Å². The first kappa shape index (κ1) is 26.7. The van der Waals surface area contributed by atoms with Crippen molar-refractivity contribution in [3.63, 3.8) is 0 Å². The summed E-state index contributed by atoms with van der Waals surface area (Å²) < 4.78 is 6.02. The van der Waals surface area contributed by atoms with Gasteiger partial charge in [-0.2, -0.15) is 0 Å². The van der Waals surface area contributed by atoms with Gasteiger partial charge in [-0.3, -0.25) is 9.69 Å². The van der Waals surface area contributed by atoms with Gasteiger partial charge in [0.15, 0.2) is 0 Å².